The first-order chi connectivity index (χ1) is 11.7. The number of benzene rings is 1. The number of furan rings is 1. The summed E-state index contributed by atoms with van der Waals surface area (Å²) in [6, 6.07) is 4.71. The van der Waals surface area contributed by atoms with E-state index in [-0.39, 0.29) is 23.8 Å². The van der Waals surface area contributed by atoms with Crippen molar-refractivity contribution >= 4 is 22.8 Å². The summed E-state index contributed by atoms with van der Waals surface area (Å²) in [6.07, 6.45) is 0. The van der Waals surface area contributed by atoms with Gasteiger partial charge in [0, 0.05) is 17.9 Å². The summed E-state index contributed by atoms with van der Waals surface area (Å²) in [5.41, 5.74) is 1.71. The van der Waals surface area contributed by atoms with Gasteiger partial charge in [-0.25, -0.2) is 0 Å². The molecule has 2 N–H and O–H groups in total. The number of fused-ring (bicyclic) bond motifs is 1. The Balaban J connectivity index is 2.23. The van der Waals surface area contributed by atoms with Gasteiger partial charge in [-0.1, -0.05) is 13.8 Å². The van der Waals surface area contributed by atoms with Crippen molar-refractivity contribution in [2.75, 3.05) is 7.11 Å². The second kappa shape index (κ2) is 7.59. The summed E-state index contributed by atoms with van der Waals surface area (Å²) < 4.78 is 11.2. The zero-order valence-corrected chi connectivity index (χ0v) is 15.6. The molecule has 1 aromatic carbocycles. The third-order valence-corrected chi connectivity index (χ3v) is 4.24. The van der Waals surface area contributed by atoms with Crippen molar-refractivity contribution < 1.29 is 18.7 Å². The number of aryl methyl sites for hydroxylation is 1. The molecular weight excluding hydrogens is 320 g/mol. The summed E-state index contributed by atoms with van der Waals surface area (Å²) in [6.45, 7) is 9.01. The maximum absolute atomic E-state index is 12.5. The second-order valence-electron chi connectivity index (χ2n) is 6.61. The van der Waals surface area contributed by atoms with E-state index in [2.05, 4.69) is 10.6 Å². The highest BCUT2D eigenvalue weighted by atomic mass is 16.5. The number of hydrogen-bond acceptors (Lipinski definition) is 4. The number of carbonyl (C=O) groups excluding carboxylic acids is 2. The Hall–Kier alpha value is -2.50. The van der Waals surface area contributed by atoms with Crippen LogP contribution in [0.15, 0.2) is 22.6 Å². The predicted molar refractivity (Wildman–Crippen MR) is 96.5 cm³/mol. The molecule has 0 saturated heterocycles. The molecule has 0 aliphatic heterocycles. The summed E-state index contributed by atoms with van der Waals surface area (Å²) in [7, 11) is 1.62. The van der Waals surface area contributed by atoms with E-state index in [4.69, 9.17) is 9.15 Å². The highest BCUT2D eigenvalue weighted by Gasteiger charge is 2.26. The van der Waals surface area contributed by atoms with Gasteiger partial charge < -0.3 is 19.8 Å². The molecule has 2 amide bonds. The molecule has 2 aromatic rings. The minimum Gasteiger partial charge on any atom is -0.497 e. The zero-order chi connectivity index (χ0) is 18.7. The molecule has 0 spiro atoms. The van der Waals surface area contributed by atoms with Gasteiger partial charge in [0.1, 0.15) is 23.1 Å². The molecule has 0 aliphatic carbocycles. The van der Waals surface area contributed by atoms with Crippen molar-refractivity contribution in [3.63, 3.8) is 0 Å². The number of hydrogen-bond donors (Lipinski definition) is 2. The maximum Gasteiger partial charge on any atom is 0.243 e. The van der Waals surface area contributed by atoms with Crippen LogP contribution in [0, 0.1) is 12.8 Å². The molecule has 1 aromatic heterocycles. The van der Waals surface area contributed by atoms with Crippen LogP contribution in [-0.2, 0) is 9.59 Å². The molecule has 0 radical (unpaired) electrons. The van der Waals surface area contributed by atoms with E-state index in [0.717, 1.165) is 22.3 Å². The van der Waals surface area contributed by atoms with Gasteiger partial charge in [-0.15, -0.1) is 0 Å². The van der Waals surface area contributed by atoms with Crippen LogP contribution in [0.3, 0.4) is 0 Å². The van der Waals surface area contributed by atoms with E-state index in [1.54, 1.807) is 7.11 Å². The van der Waals surface area contributed by atoms with E-state index in [1.807, 2.05) is 45.9 Å². The molecule has 0 fully saturated rings. The van der Waals surface area contributed by atoms with Crippen molar-refractivity contribution in [3.05, 3.63) is 29.5 Å². The Morgan fingerprint density at radius 2 is 1.84 bits per heavy atom. The summed E-state index contributed by atoms with van der Waals surface area (Å²) in [5.74, 6) is 0.980. The molecule has 136 valence electrons. The Labute approximate surface area is 147 Å². The minimum absolute atomic E-state index is 0.0165. The fourth-order valence-corrected chi connectivity index (χ4v) is 2.88. The van der Waals surface area contributed by atoms with Gasteiger partial charge in [0.15, 0.2) is 0 Å². The maximum atomic E-state index is 12.5. The number of amides is 2. The highest BCUT2D eigenvalue weighted by Crippen LogP contribution is 2.32. The SMILES string of the molecule is COc1ccc2oc([C@H](C)NC(=O)[C@H](NC(C)=O)C(C)C)c(C)c2c1. The van der Waals surface area contributed by atoms with Crippen LogP contribution in [0.1, 0.15) is 45.1 Å². The average Bonchev–Trinajstić information content (AvgIpc) is 2.88. The predicted octanol–water partition coefficient (Wildman–Crippen LogP) is 3.09. The summed E-state index contributed by atoms with van der Waals surface area (Å²) >= 11 is 0. The Morgan fingerprint density at radius 1 is 1.16 bits per heavy atom. The average molecular weight is 346 g/mol. The number of methoxy groups -OCH3 is 1. The van der Waals surface area contributed by atoms with Crippen LogP contribution in [0.4, 0.5) is 0 Å². The number of ether oxygens (including phenoxy) is 1. The molecule has 0 saturated carbocycles. The lowest BCUT2D eigenvalue weighted by atomic mass is 10.0. The van der Waals surface area contributed by atoms with Crippen LogP contribution in [-0.4, -0.2) is 25.0 Å². The van der Waals surface area contributed by atoms with Crippen LogP contribution in [0.2, 0.25) is 0 Å². The Bertz CT molecular complexity index is 779. The molecule has 0 aliphatic rings. The van der Waals surface area contributed by atoms with Gasteiger partial charge in [-0.2, -0.15) is 0 Å². The van der Waals surface area contributed by atoms with Gasteiger partial charge in [-0.3, -0.25) is 9.59 Å². The molecule has 2 atom stereocenters. The Morgan fingerprint density at radius 3 is 2.40 bits per heavy atom. The Kier molecular flexibility index (Phi) is 5.72. The number of carbonyl (C=O) groups is 2. The molecular formula is C19H26N2O4. The standard InChI is InChI=1S/C19H26N2O4/c1-10(2)17(21-13(5)22)19(23)20-12(4)18-11(3)15-9-14(24-6)7-8-16(15)25-18/h7-10,12,17H,1-6H3,(H,20,23)(H,21,22)/t12-,17+/m0/s1. The van der Waals surface area contributed by atoms with Gasteiger partial charge in [0.2, 0.25) is 11.8 Å². The minimum atomic E-state index is -0.579. The quantitative estimate of drug-likeness (QED) is 0.842. The smallest absolute Gasteiger partial charge is 0.243 e. The largest absolute Gasteiger partial charge is 0.497 e. The molecule has 6 heteroatoms. The van der Waals surface area contributed by atoms with Crippen molar-refractivity contribution in [1.82, 2.24) is 10.6 Å². The van der Waals surface area contributed by atoms with Crippen molar-refractivity contribution in [2.24, 2.45) is 5.92 Å². The lowest BCUT2D eigenvalue weighted by Gasteiger charge is -2.23. The normalized spacial score (nSPS) is 13.6. The van der Waals surface area contributed by atoms with E-state index in [0.29, 0.717) is 5.76 Å². The monoisotopic (exact) mass is 346 g/mol. The molecule has 2 rings (SSSR count). The van der Waals surface area contributed by atoms with Crippen molar-refractivity contribution in [3.8, 4) is 5.75 Å². The topological polar surface area (TPSA) is 80.6 Å². The first-order valence-electron chi connectivity index (χ1n) is 8.39. The van der Waals surface area contributed by atoms with Crippen LogP contribution in [0.5, 0.6) is 5.75 Å². The summed E-state index contributed by atoms with van der Waals surface area (Å²) in [5, 5.41) is 6.58. The zero-order valence-electron chi connectivity index (χ0n) is 15.6. The van der Waals surface area contributed by atoms with Gasteiger partial charge in [0.05, 0.1) is 13.2 Å². The molecule has 0 unspecified atom stereocenters. The lowest BCUT2D eigenvalue weighted by Crippen LogP contribution is -2.49. The van der Waals surface area contributed by atoms with E-state index in [1.165, 1.54) is 6.92 Å². The van der Waals surface area contributed by atoms with Crippen LogP contribution < -0.4 is 15.4 Å². The van der Waals surface area contributed by atoms with Crippen LogP contribution >= 0.6 is 0 Å². The molecule has 0 bridgehead atoms. The fraction of sp³-hybridized carbons (Fsp3) is 0.474. The molecule has 1 heterocycles. The molecule has 25 heavy (non-hydrogen) atoms. The van der Waals surface area contributed by atoms with Gasteiger partial charge in [0.25, 0.3) is 0 Å². The van der Waals surface area contributed by atoms with Crippen molar-refractivity contribution in [1.29, 1.82) is 0 Å². The first kappa shape index (κ1) is 18.8. The number of nitrogens with one attached hydrogen (secondary N) is 2. The second-order valence-corrected chi connectivity index (χ2v) is 6.61. The van der Waals surface area contributed by atoms with Gasteiger partial charge >= 0.3 is 0 Å². The van der Waals surface area contributed by atoms with E-state index < -0.39 is 6.04 Å². The lowest BCUT2D eigenvalue weighted by molar-refractivity contribution is -0.129. The highest BCUT2D eigenvalue weighted by molar-refractivity contribution is 5.88. The van der Waals surface area contributed by atoms with Crippen molar-refractivity contribution in [2.45, 2.75) is 46.7 Å². The first-order valence-corrected chi connectivity index (χ1v) is 8.39. The van der Waals surface area contributed by atoms with E-state index >= 15 is 0 Å². The molecule has 6 nitrogen and oxygen atoms in total. The van der Waals surface area contributed by atoms with Crippen LogP contribution in [0.25, 0.3) is 11.0 Å². The van der Waals surface area contributed by atoms with Gasteiger partial charge in [-0.05, 0) is 38.0 Å². The summed E-state index contributed by atoms with van der Waals surface area (Å²) in [4.78, 5) is 23.9. The number of rotatable bonds is 6. The van der Waals surface area contributed by atoms with E-state index in [9.17, 15) is 9.59 Å². The third-order valence-electron chi connectivity index (χ3n) is 4.24. The third kappa shape index (κ3) is 4.13. The fourth-order valence-electron chi connectivity index (χ4n) is 2.88.